The summed E-state index contributed by atoms with van der Waals surface area (Å²) in [5, 5.41) is 11.4. The molecule has 14 heavy (non-hydrogen) atoms. The number of ether oxygens (including phenoxy) is 2. The molecule has 0 radical (unpaired) electrons. The first-order valence-electron chi connectivity index (χ1n) is 4.93. The molecule has 1 atom stereocenters. The Morgan fingerprint density at radius 2 is 1.79 bits per heavy atom. The number of hydrogen-bond donors (Lipinski definition) is 1. The summed E-state index contributed by atoms with van der Waals surface area (Å²) in [5.41, 5.74) is 0. The number of hydrogen-bond acceptors (Lipinski definition) is 4. The Balaban J connectivity index is 3.17. The van der Waals surface area contributed by atoms with Gasteiger partial charge in [-0.2, -0.15) is 5.26 Å². The normalized spacial score (nSPS) is 12.8. The molecule has 0 heterocycles. The average Bonchev–Trinajstić information content (AvgIpc) is 2.16. The SMILES string of the molecule is CNC(C#N)COCCOCC(C)C. The van der Waals surface area contributed by atoms with E-state index in [1.54, 1.807) is 7.05 Å². The molecule has 0 bridgehead atoms. The first-order valence-corrected chi connectivity index (χ1v) is 4.93. The zero-order valence-corrected chi connectivity index (χ0v) is 9.25. The van der Waals surface area contributed by atoms with Gasteiger partial charge in [0, 0.05) is 6.61 Å². The fourth-order valence-electron chi connectivity index (χ4n) is 0.823. The van der Waals surface area contributed by atoms with Crippen LogP contribution in [0.5, 0.6) is 0 Å². The second-order valence-corrected chi connectivity index (χ2v) is 3.51. The third kappa shape index (κ3) is 7.99. The number of nitrogens with one attached hydrogen (secondary N) is 1. The highest BCUT2D eigenvalue weighted by Crippen LogP contribution is 1.92. The number of rotatable bonds is 8. The van der Waals surface area contributed by atoms with E-state index in [0.29, 0.717) is 25.7 Å². The van der Waals surface area contributed by atoms with Gasteiger partial charge in [-0.3, -0.25) is 0 Å². The molecule has 0 rings (SSSR count). The molecule has 0 saturated carbocycles. The van der Waals surface area contributed by atoms with Gasteiger partial charge in [-0.1, -0.05) is 13.8 Å². The van der Waals surface area contributed by atoms with Gasteiger partial charge in [0.1, 0.15) is 6.04 Å². The molecule has 0 amide bonds. The average molecular weight is 200 g/mol. The Hall–Kier alpha value is -0.630. The molecule has 0 saturated heterocycles. The van der Waals surface area contributed by atoms with Gasteiger partial charge >= 0.3 is 0 Å². The summed E-state index contributed by atoms with van der Waals surface area (Å²) in [5.74, 6) is 0.555. The zero-order chi connectivity index (χ0) is 10.8. The van der Waals surface area contributed by atoms with E-state index in [2.05, 4.69) is 25.2 Å². The third-order valence-electron chi connectivity index (χ3n) is 1.61. The minimum atomic E-state index is -0.222. The molecule has 0 spiro atoms. The van der Waals surface area contributed by atoms with Crippen LogP contribution in [-0.2, 0) is 9.47 Å². The molecule has 0 aromatic rings. The fraction of sp³-hybridized carbons (Fsp3) is 0.900. The smallest absolute Gasteiger partial charge is 0.119 e. The highest BCUT2D eigenvalue weighted by atomic mass is 16.5. The lowest BCUT2D eigenvalue weighted by molar-refractivity contribution is 0.0350. The van der Waals surface area contributed by atoms with Crippen molar-refractivity contribution in [3.8, 4) is 6.07 Å². The lowest BCUT2D eigenvalue weighted by Crippen LogP contribution is -2.29. The Morgan fingerprint density at radius 3 is 2.21 bits per heavy atom. The summed E-state index contributed by atoms with van der Waals surface area (Å²) in [4.78, 5) is 0. The molecule has 0 aliphatic heterocycles. The molecule has 1 unspecified atom stereocenters. The van der Waals surface area contributed by atoms with Crippen molar-refractivity contribution >= 4 is 0 Å². The summed E-state index contributed by atoms with van der Waals surface area (Å²) in [6.45, 7) is 6.53. The van der Waals surface area contributed by atoms with Crippen LogP contribution in [0.25, 0.3) is 0 Å². The lowest BCUT2D eigenvalue weighted by Gasteiger charge is -2.09. The lowest BCUT2D eigenvalue weighted by atomic mass is 10.2. The van der Waals surface area contributed by atoms with Gasteiger partial charge in [-0.15, -0.1) is 0 Å². The van der Waals surface area contributed by atoms with Crippen molar-refractivity contribution in [1.82, 2.24) is 5.32 Å². The molecule has 4 nitrogen and oxygen atoms in total. The van der Waals surface area contributed by atoms with E-state index in [1.165, 1.54) is 0 Å². The highest BCUT2D eigenvalue weighted by molar-refractivity contribution is 4.88. The van der Waals surface area contributed by atoms with Crippen LogP contribution < -0.4 is 5.32 Å². The van der Waals surface area contributed by atoms with E-state index in [4.69, 9.17) is 14.7 Å². The van der Waals surface area contributed by atoms with E-state index in [-0.39, 0.29) is 6.04 Å². The Morgan fingerprint density at radius 1 is 1.21 bits per heavy atom. The highest BCUT2D eigenvalue weighted by Gasteiger charge is 2.02. The maximum Gasteiger partial charge on any atom is 0.119 e. The quantitative estimate of drug-likeness (QED) is 0.588. The second-order valence-electron chi connectivity index (χ2n) is 3.51. The van der Waals surface area contributed by atoms with Crippen molar-refractivity contribution < 1.29 is 9.47 Å². The van der Waals surface area contributed by atoms with Crippen LogP contribution in [0.1, 0.15) is 13.8 Å². The van der Waals surface area contributed by atoms with E-state index in [9.17, 15) is 0 Å². The van der Waals surface area contributed by atoms with Crippen LogP contribution in [-0.4, -0.2) is 39.5 Å². The van der Waals surface area contributed by atoms with Gasteiger partial charge in [0.25, 0.3) is 0 Å². The number of nitriles is 1. The molecular weight excluding hydrogens is 180 g/mol. The Bertz CT molecular complexity index is 166. The molecule has 4 heteroatoms. The second kappa shape index (κ2) is 8.95. The summed E-state index contributed by atoms with van der Waals surface area (Å²) >= 11 is 0. The molecule has 0 aliphatic rings. The van der Waals surface area contributed by atoms with Gasteiger partial charge < -0.3 is 14.8 Å². The van der Waals surface area contributed by atoms with Crippen LogP contribution >= 0.6 is 0 Å². The molecule has 0 aliphatic carbocycles. The minimum absolute atomic E-state index is 0.222. The van der Waals surface area contributed by atoms with Crippen LogP contribution in [0, 0.1) is 17.2 Å². The third-order valence-corrected chi connectivity index (χ3v) is 1.61. The number of likely N-dealkylation sites (N-methyl/N-ethyl adjacent to an activating group) is 1. The largest absolute Gasteiger partial charge is 0.379 e. The standard InChI is InChI=1S/C10H20N2O2/c1-9(2)7-13-4-5-14-8-10(6-11)12-3/h9-10,12H,4-5,7-8H2,1-3H3. The maximum atomic E-state index is 8.58. The van der Waals surface area contributed by atoms with Crippen molar-refractivity contribution in [3.63, 3.8) is 0 Å². The fourth-order valence-corrected chi connectivity index (χ4v) is 0.823. The monoisotopic (exact) mass is 200 g/mol. The minimum Gasteiger partial charge on any atom is -0.379 e. The molecule has 0 fully saturated rings. The van der Waals surface area contributed by atoms with Crippen molar-refractivity contribution in [2.75, 3.05) is 33.5 Å². The van der Waals surface area contributed by atoms with E-state index in [1.807, 2.05) is 0 Å². The summed E-state index contributed by atoms with van der Waals surface area (Å²) in [6, 6.07) is 1.86. The molecule has 1 N–H and O–H groups in total. The number of nitrogens with zero attached hydrogens (tertiary/aromatic N) is 1. The predicted octanol–water partition coefficient (Wildman–Crippen LogP) is 0.787. The zero-order valence-electron chi connectivity index (χ0n) is 9.25. The van der Waals surface area contributed by atoms with Crippen molar-refractivity contribution in [1.29, 1.82) is 5.26 Å². The van der Waals surface area contributed by atoms with Crippen LogP contribution in [0.4, 0.5) is 0 Å². The van der Waals surface area contributed by atoms with Gasteiger partial charge in [0.15, 0.2) is 0 Å². The first-order chi connectivity index (χ1) is 6.70. The molecule has 82 valence electrons. The predicted molar refractivity (Wildman–Crippen MR) is 54.9 cm³/mol. The van der Waals surface area contributed by atoms with Crippen molar-refractivity contribution in [2.24, 2.45) is 5.92 Å². The topological polar surface area (TPSA) is 54.3 Å². The van der Waals surface area contributed by atoms with Gasteiger partial charge in [-0.25, -0.2) is 0 Å². The van der Waals surface area contributed by atoms with Crippen LogP contribution in [0.3, 0.4) is 0 Å². The molecule has 0 aromatic heterocycles. The van der Waals surface area contributed by atoms with Crippen LogP contribution in [0.15, 0.2) is 0 Å². The summed E-state index contributed by atoms with van der Waals surface area (Å²) in [7, 11) is 1.74. The van der Waals surface area contributed by atoms with Gasteiger partial charge in [0.2, 0.25) is 0 Å². The van der Waals surface area contributed by atoms with E-state index < -0.39 is 0 Å². The first kappa shape index (κ1) is 13.4. The van der Waals surface area contributed by atoms with E-state index >= 15 is 0 Å². The van der Waals surface area contributed by atoms with E-state index in [0.717, 1.165) is 6.61 Å². The van der Waals surface area contributed by atoms with Gasteiger partial charge in [0.05, 0.1) is 25.9 Å². The van der Waals surface area contributed by atoms with Gasteiger partial charge in [-0.05, 0) is 13.0 Å². The molecule has 0 aromatic carbocycles. The van der Waals surface area contributed by atoms with Crippen molar-refractivity contribution in [3.05, 3.63) is 0 Å². The molecular formula is C10H20N2O2. The Kier molecular flexibility index (Phi) is 8.54. The summed E-state index contributed by atoms with van der Waals surface area (Å²) < 4.78 is 10.6. The van der Waals surface area contributed by atoms with Crippen LogP contribution in [0.2, 0.25) is 0 Å². The maximum absolute atomic E-state index is 8.58. The van der Waals surface area contributed by atoms with Crippen molar-refractivity contribution in [2.45, 2.75) is 19.9 Å². The Labute approximate surface area is 86.2 Å². The summed E-state index contributed by atoms with van der Waals surface area (Å²) in [6.07, 6.45) is 0.